The molecular weight excluding hydrogens is 337 g/mol. The van der Waals surface area contributed by atoms with Crippen molar-refractivity contribution >= 4 is 12.0 Å². The van der Waals surface area contributed by atoms with Gasteiger partial charge >= 0.3 is 6.09 Å². The maximum absolute atomic E-state index is 12.7. The van der Waals surface area contributed by atoms with Crippen LogP contribution in [0.2, 0.25) is 0 Å². The normalized spacial score (nSPS) is 14.2. The first kappa shape index (κ1) is 19.6. The van der Waals surface area contributed by atoms with E-state index < -0.39 is 12.2 Å². The first-order chi connectivity index (χ1) is 12.6. The molecule has 26 heavy (non-hydrogen) atoms. The van der Waals surface area contributed by atoms with Crippen LogP contribution in [0.15, 0.2) is 60.7 Å². The van der Waals surface area contributed by atoms with Crippen molar-refractivity contribution in [3.8, 4) is 0 Å². The first-order valence-corrected chi connectivity index (χ1v) is 8.48. The Morgan fingerprint density at radius 1 is 1.12 bits per heavy atom. The highest BCUT2D eigenvalue weighted by Crippen LogP contribution is 2.20. The van der Waals surface area contributed by atoms with Gasteiger partial charge in [-0.05, 0) is 30.5 Å². The Morgan fingerprint density at radius 3 is 2.19 bits per heavy atom. The van der Waals surface area contributed by atoms with Gasteiger partial charge < -0.3 is 9.84 Å². The van der Waals surface area contributed by atoms with Crippen LogP contribution in [-0.2, 0) is 9.53 Å². The van der Waals surface area contributed by atoms with Crippen molar-refractivity contribution in [2.45, 2.75) is 25.4 Å². The molecule has 0 spiro atoms. The number of halogens is 1. The predicted octanol–water partition coefficient (Wildman–Crippen LogP) is 3.69. The van der Waals surface area contributed by atoms with Gasteiger partial charge in [-0.2, -0.15) is 0 Å². The average molecular weight is 359 g/mol. The second-order valence-electron chi connectivity index (χ2n) is 5.77. The maximum atomic E-state index is 12.7. The van der Waals surface area contributed by atoms with Crippen molar-refractivity contribution in [1.29, 1.82) is 0 Å². The summed E-state index contributed by atoms with van der Waals surface area (Å²) in [6.45, 7) is 0.529. The highest BCUT2D eigenvalue weighted by Gasteiger charge is 2.27. The van der Waals surface area contributed by atoms with E-state index in [0.717, 1.165) is 4.90 Å². The minimum atomic E-state index is -0.742. The molecule has 0 aromatic heterocycles. The van der Waals surface area contributed by atoms with Gasteiger partial charge in [0.15, 0.2) is 0 Å². The van der Waals surface area contributed by atoms with Crippen LogP contribution in [0.1, 0.15) is 30.9 Å². The summed E-state index contributed by atoms with van der Waals surface area (Å²) in [5.74, 6) is -0.650. The van der Waals surface area contributed by atoms with E-state index in [-0.39, 0.29) is 31.3 Å². The third-order valence-electron chi connectivity index (χ3n) is 3.85. The fourth-order valence-electron chi connectivity index (χ4n) is 2.44. The highest BCUT2D eigenvalue weighted by molar-refractivity contribution is 5.92. The monoisotopic (exact) mass is 359 g/mol. The number of carbonyl (C=O) groups is 2. The number of amides is 2. The number of aliphatic hydroxyl groups excluding tert-OH is 1. The van der Waals surface area contributed by atoms with E-state index in [4.69, 9.17) is 0 Å². The summed E-state index contributed by atoms with van der Waals surface area (Å²) < 4.78 is 17.4. The molecule has 1 unspecified atom stereocenters. The Balaban J connectivity index is 0.000000342. The molecule has 0 saturated carbocycles. The van der Waals surface area contributed by atoms with Crippen molar-refractivity contribution in [2.75, 3.05) is 13.2 Å². The van der Waals surface area contributed by atoms with Crippen molar-refractivity contribution in [3.63, 3.8) is 0 Å². The number of benzene rings is 2. The van der Waals surface area contributed by atoms with Crippen LogP contribution in [-0.4, -0.2) is 35.2 Å². The second-order valence-corrected chi connectivity index (χ2v) is 5.77. The lowest BCUT2D eigenvalue weighted by Crippen LogP contribution is -2.31. The molecule has 3 rings (SSSR count). The molecule has 0 aliphatic carbocycles. The molecule has 138 valence electrons. The fraction of sp³-hybridized carbons (Fsp3) is 0.300. The number of aliphatic hydroxyl groups is 1. The van der Waals surface area contributed by atoms with Gasteiger partial charge in [0.1, 0.15) is 12.4 Å². The van der Waals surface area contributed by atoms with E-state index in [2.05, 4.69) is 4.74 Å². The van der Waals surface area contributed by atoms with Crippen molar-refractivity contribution in [2.24, 2.45) is 0 Å². The van der Waals surface area contributed by atoms with Gasteiger partial charge in [0.05, 0.1) is 12.6 Å². The average Bonchev–Trinajstić information content (AvgIpc) is 3.10. The van der Waals surface area contributed by atoms with Crippen molar-refractivity contribution in [3.05, 3.63) is 72.0 Å². The number of rotatable bonds is 5. The summed E-state index contributed by atoms with van der Waals surface area (Å²) in [4.78, 5) is 24.0. The molecule has 2 aromatic rings. The molecule has 1 aliphatic rings. The molecule has 1 fully saturated rings. The number of ether oxygens (including phenoxy) is 1. The molecule has 6 heteroatoms. The van der Waals surface area contributed by atoms with E-state index in [1.165, 1.54) is 24.3 Å². The molecular formula is C20H22FNO4. The van der Waals surface area contributed by atoms with E-state index in [0.29, 0.717) is 18.4 Å². The molecule has 1 heterocycles. The summed E-state index contributed by atoms with van der Waals surface area (Å²) in [6.07, 6.45) is -0.350. The minimum Gasteiger partial charge on any atom is -0.447 e. The van der Waals surface area contributed by atoms with Crippen LogP contribution in [0.3, 0.4) is 0 Å². The number of imide groups is 1. The van der Waals surface area contributed by atoms with E-state index in [1.54, 1.807) is 0 Å². The van der Waals surface area contributed by atoms with Crippen LogP contribution in [0, 0.1) is 5.82 Å². The molecule has 1 aliphatic heterocycles. The molecule has 1 N–H and O–H groups in total. The third kappa shape index (κ3) is 6.29. The fourth-order valence-corrected chi connectivity index (χ4v) is 2.44. The van der Waals surface area contributed by atoms with Crippen molar-refractivity contribution in [1.82, 2.24) is 4.90 Å². The van der Waals surface area contributed by atoms with Crippen LogP contribution >= 0.6 is 0 Å². The standard InChI is InChI=1S/C14H16FNO4.C6H6/c15-11-6-4-10(5-7-11)12(17)2-1-3-13(18)16-8-9-20-14(16)19;1-2-4-6-5-3-1/h4-7,12,17H,1-3,8-9H2;1-6H. The Bertz CT molecular complexity index is 664. The van der Waals surface area contributed by atoms with E-state index in [9.17, 15) is 19.1 Å². The lowest BCUT2D eigenvalue weighted by Gasteiger charge is -2.13. The highest BCUT2D eigenvalue weighted by atomic mass is 19.1. The minimum absolute atomic E-state index is 0.174. The number of carbonyl (C=O) groups excluding carboxylic acids is 2. The van der Waals surface area contributed by atoms with Gasteiger partial charge in [-0.3, -0.25) is 4.79 Å². The maximum Gasteiger partial charge on any atom is 0.416 e. The van der Waals surface area contributed by atoms with Gasteiger partial charge in [0.25, 0.3) is 0 Å². The van der Waals surface area contributed by atoms with Crippen LogP contribution in [0.5, 0.6) is 0 Å². The van der Waals surface area contributed by atoms with Gasteiger partial charge in [-0.25, -0.2) is 14.1 Å². The van der Waals surface area contributed by atoms with Crippen LogP contribution in [0.25, 0.3) is 0 Å². The second kappa shape index (κ2) is 10.3. The number of hydrogen-bond donors (Lipinski definition) is 1. The van der Waals surface area contributed by atoms with Gasteiger partial charge in [0.2, 0.25) is 5.91 Å². The molecule has 0 bridgehead atoms. The number of hydrogen-bond acceptors (Lipinski definition) is 4. The Kier molecular flexibility index (Phi) is 7.76. The first-order valence-electron chi connectivity index (χ1n) is 8.48. The predicted molar refractivity (Wildman–Crippen MR) is 94.7 cm³/mol. The van der Waals surface area contributed by atoms with Crippen LogP contribution in [0.4, 0.5) is 9.18 Å². The topological polar surface area (TPSA) is 66.8 Å². The Hall–Kier alpha value is -2.73. The third-order valence-corrected chi connectivity index (χ3v) is 3.85. The summed E-state index contributed by atoms with van der Waals surface area (Å²) in [5, 5.41) is 9.90. The zero-order chi connectivity index (χ0) is 18.8. The number of nitrogens with zero attached hydrogens (tertiary/aromatic N) is 1. The SMILES string of the molecule is O=C(CCCC(O)c1ccc(F)cc1)N1CCOC1=O.c1ccccc1. The summed E-state index contributed by atoms with van der Waals surface area (Å²) >= 11 is 0. The zero-order valence-corrected chi connectivity index (χ0v) is 14.4. The Morgan fingerprint density at radius 2 is 1.69 bits per heavy atom. The zero-order valence-electron chi connectivity index (χ0n) is 14.4. The van der Waals surface area contributed by atoms with Gasteiger partial charge in [-0.1, -0.05) is 48.5 Å². The molecule has 1 atom stereocenters. The van der Waals surface area contributed by atoms with Crippen LogP contribution < -0.4 is 0 Å². The quantitative estimate of drug-likeness (QED) is 0.884. The lowest BCUT2D eigenvalue weighted by molar-refractivity contribution is -0.127. The summed E-state index contributed by atoms with van der Waals surface area (Å²) in [6, 6.07) is 17.6. The smallest absolute Gasteiger partial charge is 0.416 e. The Labute approximate surface area is 152 Å². The van der Waals surface area contributed by atoms with Crippen molar-refractivity contribution < 1.29 is 23.8 Å². The molecule has 2 amide bonds. The largest absolute Gasteiger partial charge is 0.447 e. The van der Waals surface area contributed by atoms with E-state index in [1.807, 2.05) is 36.4 Å². The van der Waals surface area contributed by atoms with Gasteiger partial charge in [0, 0.05) is 6.42 Å². The molecule has 2 aromatic carbocycles. The summed E-state index contributed by atoms with van der Waals surface area (Å²) in [7, 11) is 0. The number of cyclic esters (lactones) is 1. The summed E-state index contributed by atoms with van der Waals surface area (Å²) in [5.41, 5.74) is 0.611. The lowest BCUT2D eigenvalue weighted by atomic mass is 10.0. The molecule has 1 saturated heterocycles. The molecule has 5 nitrogen and oxygen atoms in total. The van der Waals surface area contributed by atoms with Gasteiger partial charge in [-0.15, -0.1) is 0 Å². The van der Waals surface area contributed by atoms with E-state index >= 15 is 0 Å². The molecule has 0 radical (unpaired) electrons.